The maximum atomic E-state index is 12.2. The van der Waals surface area contributed by atoms with Crippen LogP contribution in [0.3, 0.4) is 0 Å². The van der Waals surface area contributed by atoms with Crippen molar-refractivity contribution in [3.05, 3.63) is 35.6 Å². The maximum absolute atomic E-state index is 12.2. The van der Waals surface area contributed by atoms with E-state index in [-0.39, 0.29) is 48.6 Å². The third-order valence-electron chi connectivity index (χ3n) is 3.93. The second kappa shape index (κ2) is 9.93. The van der Waals surface area contributed by atoms with Crippen LogP contribution in [0.2, 0.25) is 0 Å². The van der Waals surface area contributed by atoms with Crippen LogP contribution < -0.4 is 11.1 Å². The number of aromatic nitrogens is 2. The van der Waals surface area contributed by atoms with Crippen LogP contribution in [0.15, 0.2) is 29.9 Å². The average molecular weight is 391 g/mol. The molecule has 1 atom stereocenters. The van der Waals surface area contributed by atoms with Gasteiger partial charge >= 0.3 is 0 Å². The van der Waals surface area contributed by atoms with E-state index in [1.54, 1.807) is 12.4 Å². The molecule has 3 N–H and O–H groups in total. The molecule has 0 saturated heterocycles. The Morgan fingerprint density at radius 3 is 2.67 bits per heavy atom. The molecule has 0 aromatic carbocycles. The topological polar surface area (TPSA) is 80.9 Å². The zero-order valence-corrected chi connectivity index (χ0v) is 16.4. The zero-order valence-electron chi connectivity index (χ0n) is 14.0. The van der Waals surface area contributed by atoms with Crippen LogP contribution >= 0.6 is 36.2 Å². The third-order valence-corrected chi connectivity index (χ3v) is 4.87. The van der Waals surface area contributed by atoms with Gasteiger partial charge in [-0.25, -0.2) is 4.98 Å². The quantitative estimate of drug-likeness (QED) is 0.793. The average Bonchev–Trinajstić information content (AvgIpc) is 2.96. The molecular formula is C16H24Cl2N4OS. The van der Waals surface area contributed by atoms with Crippen molar-refractivity contribution in [2.75, 3.05) is 6.54 Å². The highest BCUT2D eigenvalue weighted by atomic mass is 35.5. The van der Waals surface area contributed by atoms with Gasteiger partial charge in [-0.05, 0) is 25.0 Å². The van der Waals surface area contributed by atoms with Crippen molar-refractivity contribution in [3.8, 4) is 10.6 Å². The number of nitrogens with two attached hydrogens (primary N) is 1. The molecule has 1 amide bonds. The number of pyridine rings is 1. The van der Waals surface area contributed by atoms with E-state index < -0.39 is 0 Å². The highest BCUT2D eigenvalue weighted by Crippen LogP contribution is 2.23. The first-order chi connectivity index (χ1) is 10.4. The lowest BCUT2D eigenvalue weighted by atomic mass is 9.88. The van der Waals surface area contributed by atoms with Gasteiger partial charge in [-0.2, -0.15) is 0 Å². The van der Waals surface area contributed by atoms with Gasteiger partial charge in [0.1, 0.15) is 5.01 Å². The minimum absolute atomic E-state index is 0. The van der Waals surface area contributed by atoms with Gasteiger partial charge in [-0.1, -0.05) is 13.8 Å². The van der Waals surface area contributed by atoms with Crippen molar-refractivity contribution in [2.45, 2.75) is 32.7 Å². The minimum Gasteiger partial charge on any atom is -0.349 e. The summed E-state index contributed by atoms with van der Waals surface area (Å²) in [6.07, 6.45) is 3.76. The molecule has 0 aliphatic heterocycles. The molecule has 0 bridgehead atoms. The van der Waals surface area contributed by atoms with Crippen LogP contribution in [0.5, 0.6) is 0 Å². The van der Waals surface area contributed by atoms with Gasteiger partial charge in [0.25, 0.3) is 0 Å². The van der Waals surface area contributed by atoms with Crippen molar-refractivity contribution >= 4 is 42.1 Å². The van der Waals surface area contributed by atoms with Crippen molar-refractivity contribution < 1.29 is 4.79 Å². The number of hydrogen-bond donors (Lipinski definition) is 2. The summed E-state index contributed by atoms with van der Waals surface area (Å²) >= 11 is 1.52. The summed E-state index contributed by atoms with van der Waals surface area (Å²) in [6, 6.07) is 3.83. The number of nitrogens with zero attached hydrogens (tertiary/aromatic N) is 2. The van der Waals surface area contributed by atoms with Gasteiger partial charge in [-0.3, -0.25) is 9.78 Å². The predicted octanol–water partition coefficient (Wildman–Crippen LogP) is 3.08. The fourth-order valence-corrected chi connectivity index (χ4v) is 2.78. The molecule has 0 fully saturated rings. The Balaban J connectivity index is 0.00000264. The largest absolute Gasteiger partial charge is 0.349 e. The first kappa shape index (κ1) is 22.8. The van der Waals surface area contributed by atoms with Crippen LogP contribution in [0.1, 0.15) is 26.5 Å². The SMILES string of the molecule is CC(C)C(C)(CN)NC(=O)Cc1csc(-c2cccnc2)n1.Cl.Cl. The standard InChI is InChI=1S/C16H22N4OS.2ClH/c1-11(2)16(3,10-17)20-14(21)7-13-9-22-15(19-13)12-5-4-6-18-8-12;;/h4-6,8-9,11H,7,10,17H2,1-3H3,(H,20,21);2*1H. The molecule has 134 valence electrons. The number of rotatable bonds is 6. The molecule has 5 nitrogen and oxygen atoms in total. The number of halogens is 2. The van der Waals surface area contributed by atoms with E-state index in [1.807, 2.05) is 24.4 Å². The lowest BCUT2D eigenvalue weighted by Crippen LogP contribution is -2.55. The summed E-state index contributed by atoms with van der Waals surface area (Å²) in [7, 11) is 0. The fraction of sp³-hybridized carbons (Fsp3) is 0.438. The van der Waals surface area contributed by atoms with Crippen LogP contribution in [-0.2, 0) is 11.2 Å². The second-order valence-electron chi connectivity index (χ2n) is 5.89. The van der Waals surface area contributed by atoms with Crippen molar-refractivity contribution in [1.29, 1.82) is 0 Å². The molecule has 1 unspecified atom stereocenters. The monoisotopic (exact) mass is 390 g/mol. The molecule has 0 saturated carbocycles. The minimum atomic E-state index is -0.390. The number of hydrogen-bond acceptors (Lipinski definition) is 5. The summed E-state index contributed by atoms with van der Waals surface area (Å²) in [6.45, 7) is 6.49. The van der Waals surface area contributed by atoms with Crippen LogP contribution in [0.25, 0.3) is 10.6 Å². The molecule has 2 aromatic rings. The molecule has 0 radical (unpaired) electrons. The summed E-state index contributed by atoms with van der Waals surface area (Å²) in [5.74, 6) is 0.215. The number of amides is 1. The van der Waals surface area contributed by atoms with E-state index >= 15 is 0 Å². The van der Waals surface area contributed by atoms with Crippen molar-refractivity contribution in [3.63, 3.8) is 0 Å². The van der Waals surface area contributed by atoms with E-state index in [0.717, 1.165) is 16.3 Å². The Morgan fingerprint density at radius 2 is 2.12 bits per heavy atom. The van der Waals surface area contributed by atoms with E-state index in [1.165, 1.54) is 11.3 Å². The first-order valence-corrected chi connectivity index (χ1v) is 8.18. The van der Waals surface area contributed by atoms with Gasteiger partial charge in [0.05, 0.1) is 17.7 Å². The summed E-state index contributed by atoms with van der Waals surface area (Å²) in [5, 5.41) is 5.82. The Hall–Kier alpha value is -1.21. The summed E-state index contributed by atoms with van der Waals surface area (Å²) in [5.41, 5.74) is 7.14. The van der Waals surface area contributed by atoms with Gasteiger partial charge in [0.15, 0.2) is 0 Å². The molecular weight excluding hydrogens is 367 g/mol. The molecule has 2 rings (SSSR count). The highest BCUT2D eigenvalue weighted by Gasteiger charge is 2.28. The highest BCUT2D eigenvalue weighted by molar-refractivity contribution is 7.13. The van der Waals surface area contributed by atoms with E-state index in [9.17, 15) is 4.79 Å². The summed E-state index contributed by atoms with van der Waals surface area (Å²) < 4.78 is 0. The van der Waals surface area contributed by atoms with Gasteiger partial charge < -0.3 is 11.1 Å². The number of carbonyl (C=O) groups is 1. The van der Waals surface area contributed by atoms with Crippen LogP contribution in [0.4, 0.5) is 0 Å². The molecule has 2 aromatic heterocycles. The zero-order chi connectivity index (χ0) is 16.2. The molecule has 8 heteroatoms. The Bertz CT molecular complexity index is 636. The van der Waals surface area contributed by atoms with Crippen LogP contribution in [-0.4, -0.2) is 28.0 Å². The van der Waals surface area contributed by atoms with Crippen LogP contribution in [0, 0.1) is 5.92 Å². The Labute approximate surface area is 159 Å². The molecule has 24 heavy (non-hydrogen) atoms. The normalized spacial score (nSPS) is 12.7. The predicted molar refractivity (Wildman–Crippen MR) is 104 cm³/mol. The van der Waals surface area contributed by atoms with E-state index in [0.29, 0.717) is 6.54 Å². The fourth-order valence-electron chi connectivity index (χ4n) is 1.97. The Kier molecular flexibility index (Phi) is 9.43. The van der Waals surface area contributed by atoms with E-state index in [2.05, 4.69) is 29.1 Å². The lowest BCUT2D eigenvalue weighted by Gasteiger charge is -2.33. The van der Waals surface area contributed by atoms with Crippen molar-refractivity contribution in [2.24, 2.45) is 11.7 Å². The molecule has 2 heterocycles. The second-order valence-corrected chi connectivity index (χ2v) is 6.75. The number of thiazole rings is 1. The third kappa shape index (κ3) is 5.70. The number of nitrogens with one attached hydrogen (secondary N) is 1. The lowest BCUT2D eigenvalue weighted by molar-refractivity contribution is -0.122. The number of carbonyl (C=O) groups excluding carboxylic acids is 1. The summed E-state index contributed by atoms with van der Waals surface area (Å²) in [4.78, 5) is 20.8. The van der Waals surface area contributed by atoms with Gasteiger partial charge in [0, 0.05) is 29.9 Å². The first-order valence-electron chi connectivity index (χ1n) is 7.30. The van der Waals surface area contributed by atoms with E-state index in [4.69, 9.17) is 5.73 Å². The van der Waals surface area contributed by atoms with Crippen molar-refractivity contribution in [1.82, 2.24) is 15.3 Å². The van der Waals surface area contributed by atoms with Gasteiger partial charge in [0.2, 0.25) is 5.91 Å². The molecule has 0 aliphatic carbocycles. The molecule has 0 spiro atoms. The molecule has 0 aliphatic rings. The smallest absolute Gasteiger partial charge is 0.226 e. The maximum Gasteiger partial charge on any atom is 0.226 e. The Morgan fingerprint density at radius 1 is 1.42 bits per heavy atom. The van der Waals surface area contributed by atoms with Gasteiger partial charge in [-0.15, -0.1) is 36.2 Å².